The second-order valence-electron chi connectivity index (χ2n) is 2.85. The zero-order chi connectivity index (χ0) is 9.42. The van der Waals surface area contributed by atoms with Crippen molar-refractivity contribution in [3.8, 4) is 0 Å². The zero-order valence-electron chi connectivity index (χ0n) is 6.97. The average molecular weight is 195 g/mol. The normalized spacial score (nSPS) is 10.6. The molecule has 2 aromatic heterocycles. The van der Waals surface area contributed by atoms with Crippen molar-refractivity contribution >= 4 is 28.9 Å². The third-order valence-electron chi connectivity index (χ3n) is 1.96. The lowest BCUT2D eigenvalue weighted by molar-refractivity contribution is 0.112. The molecule has 2 aromatic rings. The first-order valence-corrected chi connectivity index (χ1v) is 4.19. The van der Waals surface area contributed by atoms with E-state index < -0.39 is 0 Å². The monoisotopic (exact) mass is 194 g/mol. The van der Waals surface area contributed by atoms with Crippen molar-refractivity contribution in [3.63, 3.8) is 0 Å². The van der Waals surface area contributed by atoms with Crippen molar-refractivity contribution in [2.24, 2.45) is 0 Å². The van der Waals surface area contributed by atoms with Gasteiger partial charge in [0.2, 0.25) is 0 Å². The number of rotatable bonds is 1. The number of carbonyl (C=O) groups excluding carboxylic acids is 1. The van der Waals surface area contributed by atoms with Crippen molar-refractivity contribution in [3.05, 3.63) is 28.5 Å². The van der Waals surface area contributed by atoms with E-state index in [1.165, 1.54) is 0 Å². The van der Waals surface area contributed by atoms with E-state index in [1.807, 2.05) is 6.92 Å². The van der Waals surface area contributed by atoms with Gasteiger partial charge in [-0.1, -0.05) is 11.6 Å². The number of aldehydes is 1. The van der Waals surface area contributed by atoms with E-state index >= 15 is 0 Å². The lowest BCUT2D eigenvalue weighted by Gasteiger charge is -1.96. The number of nitrogens with zero attached hydrogens (tertiary/aromatic N) is 1. The molecule has 4 heteroatoms. The van der Waals surface area contributed by atoms with E-state index in [0.717, 1.165) is 17.4 Å². The number of hydrogen-bond acceptors (Lipinski definition) is 2. The maximum absolute atomic E-state index is 10.6. The molecule has 2 rings (SSSR count). The van der Waals surface area contributed by atoms with E-state index in [4.69, 9.17) is 11.6 Å². The maximum atomic E-state index is 10.6. The lowest BCUT2D eigenvalue weighted by atomic mass is 10.2. The van der Waals surface area contributed by atoms with E-state index in [0.29, 0.717) is 16.2 Å². The van der Waals surface area contributed by atoms with Crippen molar-refractivity contribution in [2.45, 2.75) is 6.92 Å². The third-order valence-corrected chi connectivity index (χ3v) is 2.15. The predicted octanol–water partition coefficient (Wildman–Crippen LogP) is 2.34. The van der Waals surface area contributed by atoms with Gasteiger partial charge in [-0.25, -0.2) is 4.98 Å². The van der Waals surface area contributed by atoms with Crippen molar-refractivity contribution in [2.75, 3.05) is 0 Å². The molecule has 3 nitrogen and oxygen atoms in total. The van der Waals surface area contributed by atoms with Crippen LogP contribution in [0.25, 0.3) is 11.0 Å². The van der Waals surface area contributed by atoms with E-state index in [9.17, 15) is 4.79 Å². The molecule has 0 bridgehead atoms. The molecule has 0 saturated heterocycles. The topological polar surface area (TPSA) is 45.8 Å². The molecule has 0 aliphatic rings. The van der Waals surface area contributed by atoms with E-state index in [1.54, 1.807) is 12.3 Å². The number of nitrogens with one attached hydrogen (secondary N) is 1. The molecule has 0 fully saturated rings. The highest BCUT2D eigenvalue weighted by molar-refractivity contribution is 6.30. The molecule has 0 unspecified atom stereocenters. The molecule has 1 N–H and O–H groups in total. The minimum atomic E-state index is 0.410. The Morgan fingerprint density at radius 3 is 3.08 bits per heavy atom. The molecule has 13 heavy (non-hydrogen) atoms. The van der Waals surface area contributed by atoms with Gasteiger partial charge in [-0.2, -0.15) is 0 Å². The Kier molecular flexibility index (Phi) is 1.81. The Hall–Kier alpha value is -1.35. The highest BCUT2D eigenvalue weighted by Gasteiger charge is 2.07. The Bertz CT molecular complexity index is 476. The highest BCUT2D eigenvalue weighted by Crippen LogP contribution is 2.21. The number of aromatic nitrogens is 2. The fraction of sp³-hybridized carbons (Fsp3) is 0.111. The fourth-order valence-corrected chi connectivity index (χ4v) is 1.58. The number of pyridine rings is 1. The maximum Gasteiger partial charge on any atom is 0.153 e. The molecule has 0 aromatic carbocycles. The fourth-order valence-electron chi connectivity index (χ4n) is 1.33. The molecular formula is C9H7ClN2O. The predicted molar refractivity (Wildman–Crippen MR) is 51.2 cm³/mol. The van der Waals surface area contributed by atoms with Crippen LogP contribution in [-0.2, 0) is 0 Å². The molecule has 0 saturated carbocycles. The van der Waals surface area contributed by atoms with Crippen LogP contribution >= 0.6 is 11.6 Å². The van der Waals surface area contributed by atoms with Crippen molar-refractivity contribution in [1.29, 1.82) is 0 Å². The SMILES string of the molecule is Cc1cc(Cl)nc2c(C=O)c[nH]c12. The summed E-state index contributed by atoms with van der Waals surface area (Å²) in [6, 6.07) is 1.76. The number of carbonyl (C=O) groups is 1. The first-order chi connectivity index (χ1) is 6.22. The van der Waals surface area contributed by atoms with Gasteiger partial charge in [0.25, 0.3) is 0 Å². The largest absolute Gasteiger partial charge is 0.359 e. The van der Waals surface area contributed by atoms with Crippen molar-refractivity contribution in [1.82, 2.24) is 9.97 Å². The lowest BCUT2D eigenvalue weighted by Crippen LogP contribution is -1.84. The Labute approximate surface area is 79.7 Å². The van der Waals surface area contributed by atoms with E-state index in [2.05, 4.69) is 9.97 Å². The summed E-state index contributed by atoms with van der Waals surface area (Å²) in [5, 5.41) is 0.410. The standard InChI is InChI=1S/C9H7ClN2O/c1-5-2-7(10)12-9-6(4-13)3-11-8(5)9/h2-4,11H,1H3. The number of fused-ring (bicyclic) bond motifs is 1. The first kappa shape index (κ1) is 8.26. The average Bonchev–Trinajstić information content (AvgIpc) is 2.47. The summed E-state index contributed by atoms with van der Waals surface area (Å²) in [4.78, 5) is 17.7. The molecule has 0 amide bonds. The molecule has 0 spiro atoms. The zero-order valence-corrected chi connectivity index (χ0v) is 7.72. The Morgan fingerprint density at radius 2 is 2.38 bits per heavy atom. The van der Waals surface area contributed by atoms with Gasteiger partial charge >= 0.3 is 0 Å². The Morgan fingerprint density at radius 1 is 1.62 bits per heavy atom. The summed E-state index contributed by atoms with van der Waals surface area (Å²) in [5.74, 6) is 0. The molecule has 0 aliphatic heterocycles. The van der Waals surface area contributed by atoms with Crippen molar-refractivity contribution < 1.29 is 4.79 Å². The number of aryl methyl sites for hydroxylation is 1. The minimum Gasteiger partial charge on any atom is -0.359 e. The van der Waals surface area contributed by atoms with Crippen LogP contribution < -0.4 is 0 Å². The second-order valence-corrected chi connectivity index (χ2v) is 3.23. The summed E-state index contributed by atoms with van der Waals surface area (Å²) >= 11 is 5.77. The summed E-state index contributed by atoms with van der Waals surface area (Å²) in [7, 11) is 0. The van der Waals surface area contributed by atoms with E-state index in [-0.39, 0.29) is 0 Å². The van der Waals surface area contributed by atoms with Crippen LogP contribution in [0.3, 0.4) is 0 Å². The highest BCUT2D eigenvalue weighted by atomic mass is 35.5. The Balaban J connectivity index is 2.89. The molecule has 66 valence electrons. The van der Waals surface area contributed by atoms with Gasteiger partial charge in [-0.3, -0.25) is 4.79 Å². The first-order valence-electron chi connectivity index (χ1n) is 3.82. The minimum absolute atomic E-state index is 0.410. The second kappa shape index (κ2) is 2.85. The van der Waals surface area contributed by atoms with Crippen LogP contribution in [0.5, 0.6) is 0 Å². The third kappa shape index (κ3) is 1.21. The van der Waals surface area contributed by atoms with Gasteiger partial charge in [0.05, 0.1) is 11.1 Å². The van der Waals surface area contributed by atoms with Gasteiger partial charge in [-0.15, -0.1) is 0 Å². The molecule has 0 atom stereocenters. The summed E-state index contributed by atoms with van der Waals surface area (Å²) in [6.07, 6.45) is 2.40. The summed E-state index contributed by atoms with van der Waals surface area (Å²) in [6.45, 7) is 1.92. The molecule has 0 radical (unpaired) electrons. The van der Waals surface area contributed by atoms with Crippen LogP contribution in [0.1, 0.15) is 15.9 Å². The summed E-state index contributed by atoms with van der Waals surface area (Å²) < 4.78 is 0. The quantitative estimate of drug-likeness (QED) is 0.560. The van der Waals surface area contributed by atoms with Crippen LogP contribution in [0, 0.1) is 6.92 Å². The van der Waals surface area contributed by atoms with Gasteiger partial charge in [-0.05, 0) is 18.6 Å². The molecule has 0 aliphatic carbocycles. The van der Waals surface area contributed by atoms with Crippen LogP contribution in [0.2, 0.25) is 5.15 Å². The number of halogens is 1. The van der Waals surface area contributed by atoms with Gasteiger partial charge < -0.3 is 4.98 Å². The van der Waals surface area contributed by atoms with Gasteiger partial charge in [0.1, 0.15) is 10.7 Å². The van der Waals surface area contributed by atoms with Crippen LogP contribution in [-0.4, -0.2) is 16.3 Å². The molecular weight excluding hydrogens is 188 g/mol. The van der Waals surface area contributed by atoms with Crippen LogP contribution in [0.4, 0.5) is 0 Å². The van der Waals surface area contributed by atoms with Gasteiger partial charge in [0, 0.05) is 6.20 Å². The van der Waals surface area contributed by atoms with Crippen LogP contribution in [0.15, 0.2) is 12.3 Å². The van der Waals surface area contributed by atoms with Gasteiger partial charge in [0.15, 0.2) is 6.29 Å². The smallest absolute Gasteiger partial charge is 0.153 e. The number of hydrogen-bond donors (Lipinski definition) is 1. The number of aromatic amines is 1. The molecule has 2 heterocycles. The number of H-pyrrole nitrogens is 1. The summed E-state index contributed by atoms with van der Waals surface area (Å²) in [5.41, 5.74) is 3.04.